The summed E-state index contributed by atoms with van der Waals surface area (Å²) in [6.45, 7) is 4.64. The van der Waals surface area contributed by atoms with Crippen molar-refractivity contribution in [3.05, 3.63) is 52.1 Å². The molecular formula is C18H21BrN2O3S. The number of piperidine rings is 1. The zero-order chi connectivity index (χ0) is 18.0. The van der Waals surface area contributed by atoms with Crippen LogP contribution in [0.15, 0.2) is 45.9 Å². The SMILES string of the molecule is Cc1ccc(C)c(S(=O)(=O)N2CCC(Oc3ncccc3Br)CC2)c1. The number of aryl methyl sites for hydroxylation is 2. The number of hydrogen-bond acceptors (Lipinski definition) is 4. The van der Waals surface area contributed by atoms with E-state index in [1.165, 1.54) is 0 Å². The smallest absolute Gasteiger partial charge is 0.243 e. The Kier molecular flexibility index (Phi) is 5.46. The fraction of sp³-hybridized carbons (Fsp3) is 0.389. The molecule has 1 aliphatic heterocycles. The zero-order valence-electron chi connectivity index (χ0n) is 14.3. The predicted octanol–water partition coefficient (Wildman–Crippen LogP) is 3.69. The van der Waals surface area contributed by atoms with Crippen LogP contribution < -0.4 is 4.74 Å². The van der Waals surface area contributed by atoms with Gasteiger partial charge in [-0.15, -0.1) is 0 Å². The number of nitrogens with zero attached hydrogens (tertiary/aromatic N) is 2. The number of rotatable bonds is 4. The molecule has 0 saturated carbocycles. The lowest BCUT2D eigenvalue weighted by atomic mass is 10.1. The summed E-state index contributed by atoms with van der Waals surface area (Å²) in [7, 11) is -3.47. The van der Waals surface area contributed by atoms with Crippen LogP contribution in [0.2, 0.25) is 0 Å². The van der Waals surface area contributed by atoms with Crippen molar-refractivity contribution in [3.8, 4) is 5.88 Å². The van der Waals surface area contributed by atoms with E-state index in [0.717, 1.165) is 15.6 Å². The van der Waals surface area contributed by atoms with Crippen molar-refractivity contribution in [2.45, 2.75) is 37.7 Å². The molecule has 7 heteroatoms. The Hall–Kier alpha value is -1.44. The highest BCUT2D eigenvalue weighted by Crippen LogP contribution is 2.28. The molecular weight excluding hydrogens is 404 g/mol. The van der Waals surface area contributed by atoms with Crippen LogP contribution in [0.25, 0.3) is 0 Å². The maximum atomic E-state index is 12.9. The molecule has 1 aromatic carbocycles. The summed E-state index contributed by atoms with van der Waals surface area (Å²) >= 11 is 3.42. The Morgan fingerprint density at radius 2 is 1.92 bits per heavy atom. The van der Waals surface area contributed by atoms with Crippen molar-refractivity contribution in [2.75, 3.05) is 13.1 Å². The van der Waals surface area contributed by atoms with Crippen LogP contribution in [0.3, 0.4) is 0 Å². The van der Waals surface area contributed by atoms with Gasteiger partial charge in [-0.25, -0.2) is 13.4 Å². The molecule has 5 nitrogen and oxygen atoms in total. The van der Waals surface area contributed by atoms with Crippen LogP contribution in [0, 0.1) is 13.8 Å². The van der Waals surface area contributed by atoms with E-state index in [2.05, 4.69) is 20.9 Å². The molecule has 0 radical (unpaired) electrons. The topological polar surface area (TPSA) is 59.5 Å². The molecule has 0 aliphatic carbocycles. The molecule has 1 saturated heterocycles. The standard InChI is InChI=1S/C18H21BrN2O3S/c1-13-5-6-14(2)17(12-13)25(22,23)21-10-7-15(8-11-21)24-18-16(19)4-3-9-20-18/h3-6,9,12,15H,7-8,10-11H2,1-2H3. The van der Waals surface area contributed by atoms with Crippen molar-refractivity contribution in [1.82, 2.24) is 9.29 Å². The first kappa shape index (κ1) is 18.4. The van der Waals surface area contributed by atoms with E-state index in [-0.39, 0.29) is 6.10 Å². The largest absolute Gasteiger partial charge is 0.473 e. The van der Waals surface area contributed by atoms with E-state index in [0.29, 0.717) is 36.7 Å². The minimum Gasteiger partial charge on any atom is -0.473 e. The molecule has 3 rings (SSSR count). The van der Waals surface area contributed by atoms with Crippen LogP contribution in [0.1, 0.15) is 24.0 Å². The Morgan fingerprint density at radius 1 is 1.20 bits per heavy atom. The van der Waals surface area contributed by atoms with Crippen LogP contribution in [-0.2, 0) is 10.0 Å². The Balaban J connectivity index is 1.69. The number of pyridine rings is 1. The van der Waals surface area contributed by atoms with Crippen LogP contribution in [0.5, 0.6) is 5.88 Å². The average molecular weight is 425 g/mol. The second-order valence-electron chi connectivity index (χ2n) is 6.28. The van der Waals surface area contributed by atoms with Gasteiger partial charge in [0.2, 0.25) is 15.9 Å². The maximum absolute atomic E-state index is 12.9. The molecule has 2 aromatic rings. The van der Waals surface area contributed by atoms with Crippen molar-refractivity contribution < 1.29 is 13.2 Å². The van der Waals surface area contributed by atoms with Gasteiger partial charge in [0.1, 0.15) is 6.10 Å². The number of ether oxygens (including phenoxy) is 1. The fourth-order valence-corrected chi connectivity index (χ4v) is 5.06. The van der Waals surface area contributed by atoms with Crippen molar-refractivity contribution in [3.63, 3.8) is 0 Å². The lowest BCUT2D eigenvalue weighted by molar-refractivity contribution is 0.129. The molecule has 134 valence electrons. The van der Waals surface area contributed by atoms with E-state index < -0.39 is 10.0 Å². The molecule has 0 unspecified atom stereocenters. The molecule has 1 fully saturated rings. The highest BCUT2D eigenvalue weighted by atomic mass is 79.9. The third kappa shape index (κ3) is 4.04. The quantitative estimate of drug-likeness (QED) is 0.750. The normalized spacial score (nSPS) is 16.8. The van der Waals surface area contributed by atoms with Crippen molar-refractivity contribution >= 4 is 26.0 Å². The van der Waals surface area contributed by atoms with Crippen molar-refractivity contribution in [1.29, 1.82) is 0 Å². The van der Waals surface area contributed by atoms with Gasteiger partial charge in [0.25, 0.3) is 0 Å². The van der Waals surface area contributed by atoms with Gasteiger partial charge in [-0.05, 0) is 71.9 Å². The van der Waals surface area contributed by atoms with E-state index >= 15 is 0 Å². The molecule has 2 heterocycles. The van der Waals surface area contributed by atoms with Gasteiger partial charge in [-0.3, -0.25) is 0 Å². The van der Waals surface area contributed by atoms with Gasteiger partial charge >= 0.3 is 0 Å². The van der Waals surface area contributed by atoms with Gasteiger partial charge in [0.05, 0.1) is 9.37 Å². The summed E-state index contributed by atoms with van der Waals surface area (Å²) < 4.78 is 34.2. The lowest BCUT2D eigenvalue weighted by Gasteiger charge is -2.31. The highest BCUT2D eigenvalue weighted by Gasteiger charge is 2.31. The number of halogens is 1. The first-order valence-corrected chi connectivity index (χ1v) is 10.5. The molecule has 0 bridgehead atoms. The van der Waals surface area contributed by atoms with Crippen LogP contribution in [0.4, 0.5) is 0 Å². The first-order valence-electron chi connectivity index (χ1n) is 8.22. The van der Waals surface area contributed by atoms with E-state index in [1.807, 2.05) is 38.1 Å². The Morgan fingerprint density at radius 3 is 2.60 bits per heavy atom. The van der Waals surface area contributed by atoms with Gasteiger partial charge in [0.15, 0.2) is 0 Å². The summed E-state index contributed by atoms with van der Waals surface area (Å²) in [4.78, 5) is 4.61. The van der Waals surface area contributed by atoms with Gasteiger partial charge in [-0.2, -0.15) is 4.31 Å². The second-order valence-corrected chi connectivity index (χ2v) is 9.04. The number of hydrogen-bond donors (Lipinski definition) is 0. The number of aromatic nitrogens is 1. The second kappa shape index (κ2) is 7.43. The molecule has 1 aromatic heterocycles. The fourth-order valence-electron chi connectivity index (χ4n) is 2.93. The van der Waals surface area contributed by atoms with Crippen molar-refractivity contribution in [2.24, 2.45) is 0 Å². The zero-order valence-corrected chi connectivity index (χ0v) is 16.7. The van der Waals surface area contributed by atoms with Gasteiger partial charge in [0, 0.05) is 19.3 Å². The van der Waals surface area contributed by atoms with Gasteiger partial charge in [-0.1, -0.05) is 12.1 Å². The minimum atomic E-state index is -3.47. The summed E-state index contributed by atoms with van der Waals surface area (Å²) in [5.41, 5.74) is 1.73. The molecule has 0 amide bonds. The third-order valence-electron chi connectivity index (χ3n) is 4.37. The summed E-state index contributed by atoms with van der Waals surface area (Å²) in [6.07, 6.45) is 2.94. The first-order chi connectivity index (χ1) is 11.9. The summed E-state index contributed by atoms with van der Waals surface area (Å²) in [5, 5.41) is 0. The number of benzene rings is 1. The molecule has 0 spiro atoms. The van der Waals surface area contributed by atoms with E-state index in [4.69, 9.17) is 4.74 Å². The van der Waals surface area contributed by atoms with Crippen LogP contribution in [-0.4, -0.2) is 36.9 Å². The average Bonchev–Trinajstić information content (AvgIpc) is 2.59. The highest BCUT2D eigenvalue weighted by molar-refractivity contribution is 9.10. The lowest BCUT2D eigenvalue weighted by Crippen LogP contribution is -2.42. The molecule has 1 aliphatic rings. The van der Waals surface area contributed by atoms with E-state index in [9.17, 15) is 8.42 Å². The predicted molar refractivity (Wildman–Crippen MR) is 100 cm³/mol. The van der Waals surface area contributed by atoms with E-state index in [1.54, 1.807) is 16.6 Å². The minimum absolute atomic E-state index is 0.0312. The monoisotopic (exact) mass is 424 g/mol. The number of sulfonamides is 1. The third-order valence-corrected chi connectivity index (χ3v) is 7.01. The maximum Gasteiger partial charge on any atom is 0.243 e. The molecule has 25 heavy (non-hydrogen) atoms. The summed E-state index contributed by atoms with van der Waals surface area (Å²) in [6, 6.07) is 9.24. The Labute approximate surface area is 157 Å². The summed E-state index contributed by atoms with van der Waals surface area (Å²) in [5.74, 6) is 0.554. The van der Waals surface area contributed by atoms with Gasteiger partial charge < -0.3 is 4.74 Å². The molecule has 0 N–H and O–H groups in total. The van der Waals surface area contributed by atoms with Crippen LogP contribution >= 0.6 is 15.9 Å². The Bertz CT molecular complexity index is 862. The molecule has 0 atom stereocenters.